The van der Waals surface area contributed by atoms with Crippen molar-refractivity contribution in [1.29, 1.82) is 5.41 Å². The van der Waals surface area contributed by atoms with E-state index in [1.165, 1.54) is 83.5 Å². The first kappa shape index (κ1) is 19.5. The summed E-state index contributed by atoms with van der Waals surface area (Å²) >= 11 is 0. The first-order valence-corrected chi connectivity index (χ1v) is 10.1. The number of hydrogen-bond donors (Lipinski definition) is 1. The monoisotopic (exact) mass is 308 g/mol. The lowest BCUT2D eigenvalue weighted by Crippen LogP contribution is -2.34. The van der Waals surface area contributed by atoms with Gasteiger partial charge in [0.15, 0.2) is 0 Å². The second-order valence-corrected chi connectivity index (χ2v) is 7.24. The van der Waals surface area contributed by atoms with Crippen molar-refractivity contribution in [1.82, 2.24) is 4.90 Å². The zero-order valence-corrected chi connectivity index (χ0v) is 15.3. The zero-order chi connectivity index (χ0) is 16.0. The van der Waals surface area contributed by atoms with E-state index in [0.29, 0.717) is 0 Å². The van der Waals surface area contributed by atoms with Crippen LogP contribution in [0.2, 0.25) is 0 Å². The van der Waals surface area contributed by atoms with Gasteiger partial charge in [0.2, 0.25) is 0 Å². The molecular formula is C20H40N2. The van der Waals surface area contributed by atoms with E-state index in [9.17, 15) is 0 Å². The molecule has 1 rings (SSSR count). The van der Waals surface area contributed by atoms with Crippen LogP contribution in [0.1, 0.15) is 104 Å². The minimum absolute atomic E-state index is 0.740. The van der Waals surface area contributed by atoms with Crippen molar-refractivity contribution < 1.29 is 0 Å². The van der Waals surface area contributed by atoms with E-state index < -0.39 is 0 Å². The van der Waals surface area contributed by atoms with Gasteiger partial charge in [0, 0.05) is 19.5 Å². The molecule has 22 heavy (non-hydrogen) atoms. The Kier molecular flexibility index (Phi) is 11.5. The van der Waals surface area contributed by atoms with Crippen LogP contribution in [0.15, 0.2) is 0 Å². The maximum atomic E-state index is 8.48. The van der Waals surface area contributed by atoms with Gasteiger partial charge in [0.05, 0.1) is 5.84 Å². The molecule has 2 heteroatoms. The number of unbranched alkanes of at least 4 members (excludes halogenated alkanes) is 5. The summed E-state index contributed by atoms with van der Waals surface area (Å²) in [5.41, 5.74) is 0. The normalized spacial score (nSPS) is 17.8. The number of nitrogens with zero attached hydrogens (tertiary/aromatic N) is 1. The average molecular weight is 309 g/mol. The summed E-state index contributed by atoms with van der Waals surface area (Å²) in [6.07, 6.45) is 18.6. The quantitative estimate of drug-likeness (QED) is 0.282. The molecule has 1 unspecified atom stereocenters. The van der Waals surface area contributed by atoms with Crippen molar-refractivity contribution in [3.8, 4) is 0 Å². The maximum Gasteiger partial charge on any atom is 0.0960 e. The van der Waals surface area contributed by atoms with Crippen LogP contribution < -0.4 is 0 Å². The molecule has 0 spiro atoms. The third kappa shape index (κ3) is 8.80. The van der Waals surface area contributed by atoms with Crippen molar-refractivity contribution in [3.63, 3.8) is 0 Å². The third-order valence-corrected chi connectivity index (χ3v) is 5.26. The molecule has 0 bridgehead atoms. The summed E-state index contributed by atoms with van der Waals surface area (Å²) in [5.74, 6) is 1.67. The van der Waals surface area contributed by atoms with Crippen molar-refractivity contribution in [2.24, 2.45) is 5.92 Å². The highest BCUT2D eigenvalue weighted by Gasteiger charge is 2.15. The highest BCUT2D eigenvalue weighted by atomic mass is 15.2. The fourth-order valence-corrected chi connectivity index (χ4v) is 3.58. The van der Waals surface area contributed by atoms with E-state index in [-0.39, 0.29) is 0 Å². The summed E-state index contributed by atoms with van der Waals surface area (Å²) in [7, 11) is 0. The van der Waals surface area contributed by atoms with Crippen LogP contribution in [0.5, 0.6) is 0 Å². The number of amidine groups is 1. The van der Waals surface area contributed by atoms with Crippen LogP contribution in [-0.2, 0) is 0 Å². The van der Waals surface area contributed by atoms with Crippen molar-refractivity contribution in [3.05, 3.63) is 0 Å². The fraction of sp³-hybridized carbons (Fsp3) is 0.950. The molecule has 1 fully saturated rings. The number of likely N-dealkylation sites (tertiary alicyclic amines) is 1. The molecule has 0 amide bonds. The highest BCUT2D eigenvalue weighted by Crippen LogP contribution is 2.21. The van der Waals surface area contributed by atoms with Crippen molar-refractivity contribution in [2.45, 2.75) is 104 Å². The first-order valence-electron chi connectivity index (χ1n) is 10.1. The van der Waals surface area contributed by atoms with Crippen LogP contribution in [0.25, 0.3) is 0 Å². The molecule has 1 heterocycles. The molecule has 1 saturated heterocycles. The summed E-state index contributed by atoms with van der Waals surface area (Å²) in [4.78, 5) is 2.38. The lowest BCUT2D eigenvalue weighted by atomic mass is 9.93. The Labute approximate surface area is 139 Å². The van der Waals surface area contributed by atoms with E-state index in [4.69, 9.17) is 5.41 Å². The standard InChI is InChI=1S/C20H40N2/c1-3-5-6-7-9-12-15-19(4-2)18-20(21)22-16-13-10-8-11-14-17-22/h19,21H,3-18H2,1-2H3. The van der Waals surface area contributed by atoms with E-state index in [1.54, 1.807) is 0 Å². The summed E-state index contributed by atoms with van der Waals surface area (Å²) in [6, 6.07) is 0. The molecule has 0 radical (unpaired) electrons. The van der Waals surface area contributed by atoms with E-state index >= 15 is 0 Å². The van der Waals surface area contributed by atoms with Gasteiger partial charge >= 0.3 is 0 Å². The Hall–Kier alpha value is -0.530. The Morgan fingerprint density at radius 3 is 2.09 bits per heavy atom. The fourth-order valence-electron chi connectivity index (χ4n) is 3.58. The summed E-state index contributed by atoms with van der Waals surface area (Å²) in [6.45, 7) is 6.85. The highest BCUT2D eigenvalue weighted by molar-refractivity contribution is 5.79. The van der Waals surface area contributed by atoms with E-state index in [0.717, 1.165) is 31.3 Å². The Morgan fingerprint density at radius 1 is 0.864 bits per heavy atom. The number of rotatable bonds is 10. The Bertz CT molecular complexity index is 267. The largest absolute Gasteiger partial charge is 0.361 e. The second kappa shape index (κ2) is 13.0. The van der Waals surface area contributed by atoms with E-state index in [1.807, 2.05) is 0 Å². The molecule has 0 aromatic rings. The van der Waals surface area contributed by atoms with Gasteiger partial charge in [-0.05, 0) is 18.8 Å². The predicted octanol–water partition coefficient (Wildman–Crippen LogP) is 6.40. The van der Waals surface area contributed by atoms with Gasteiger partial charge in [-0.3, -0.25) is 5.41 Å². The SMILES string of the molecule is CCCCCCCCC(CC)CC(=N)N1CCCCCCC1. The van der Waals surface area contributed by atoms with Gasteiger partial charge in [-0.1, -0.05) is 84.5 Å². The minimum Gasteiger partial charge on any atom is -0.361 e. The lowest BCUT2D eigenvalue weighted by Gasteiger charge is -2.29. The van der Waals surface area contributed by atoms with Crippen LogP contribution in [-0.4, -0.2) is 23.8 Å². The van der Waals surface area contributed by atoms with Gasteiger partial charge in [-0.25, -0.2) is 0 Å². The molecule has 0 aromatic carbocycles. The van der Waals surface area contributed by atoms with Crippen LogP contribution in [0.4, 0.5) is 0 Å². The molecule has 2 nitrogen and oxygen atoms in total. The Balaban J connectivity index is 2.20. The van der Waals surface area contributed by atoms with Crippen LogP contribution in [0, 0.1) is 11.3 Å². The molecule has 130 valence electrons. The molecule has 1 N–H and O–H groups in total. The van der Waals surface area contributed by atoms with Crippen molar-refractivity contribution in [2.75, 3.05) is 13.1 Å². The maximum absolute atomic E-state index is 8.48. The number of hydrogen-bond acceptors (Lipinski definition) is 1. The molecular weight excluding hydrogens is 268 g/mol. The average Bonchev–Trinajstić information content (AvgIpc) is 2.49. The number of nitrogens with one attached hydrogen (secondary N) is 1. The molecule has 0 saturated carbocycles. The smallest absolute Gasteiger partial charge is 0.0960 e. The lowest BCUT2D eigenvalue weighted by molar-refractivity contribution is 0.341. The summed E-state index contributed by atoms with van der Waals surface area (Å²) in [5, 5.41) is 8.48. The molecule has 0 aliphatic carbocycles. The molecule has 0 aromatic heterocycles. The first-order chi connectivity index (χ1) is 10.8. The summed E-state index contributed by atoms with van der Waals surface area (Å²) < 4.78 is 0. The third-order valence-electron chi connectivity index (χ3n) is 5.26. The van der Waals surface area contributed by atoms with Gasteiger partial charge in [-0.15, -0.1) is 0 Å². The predicted molar refractivity (Wildman–Crippen MR) is 98.8 cm³/mol. The van der Waals surface area contributed by atoms with Gasteiger partial charge in [-0.2, -0.15) is 0 Å². The minimum atomic E-state index is 0.740. The van der Waals surface area contributed by atoms with E-state index in [2.05, 4.69) is 18.7 Å². The van der Waals surface area contributed by atoms with Crippen LogP contribution in [0.3, 0.4) is 0 Å². The van der Waals surface area contributed by atoms with Crippen LogP contribution >= 0.6 is 0 Å². The second-order valence-electron chi connectivity index (χ2n) is 7.24. The zero-order valence-electron chi connectivity index (χ0n) is 15.3. The molecule has 1 aliphatic heterocycles. The molecule has 1 aliphatic rings. The van der Waals surface area contributed by atoms with Gasteiger partial charge in [0.1, 0.15) is 0 Å². The van der Waals surface area contributed by atoms with Gasteiger partial charge in [0.25, 0.3) is 0 Å². The van der Waals surface area contributed by atoms with Crippen molar-refractivity contribution >= 4 is 5.84 Å². The van der Waals surface area contributed by atoms with Gasteiger partial charge < -0.3 is 4.90 Å². The topological polar surface area (TPSA) is 27.1 Å². The molecule has 1 atom stereocenters. The Morgan fingerprint density at radius 2 is 1.45 bits per heavy atom.